The van der Waals surface area contributed by atoms with Crippen molar-refractivity contribution >= 4 is 11.8 Å². The van der Waals surface area contributed by atoms with Crippen LogP contribution in [0.2, 0.25) is 0 Å². The molecule has 0 amide bonds. The molecule has 0 radical (unpaired) electrons. The quantitative estimate of drug-likeness (QED) is 0.537. The molecule has 0 atom stereocenters. The van der Waals surface area contributed by atoms with Crippen LogP contribution in [0.25, 0.3) is 5.57 Å². The normalized spacial score (nSPS) is 13.1. The maximum atomic E-state index is 4.35. The molecule has 0 fully saturated rings. The molecule has 0 saturated carbocycles. The van der Waals surface area contributed by atoms with Gasteiger partial charge in [0.1, 0.15) is 0 Å². The number of aromatic nitrogens is 1. The highest BCUT2D eigenvalue weighted by molar-refractivity contribution is 5.76. The van der Waals surface area contributed by atoms with Crippen LogP contribution in [0.5, 0.6) is 0 Å². The van der Waals surface area contributed by atoms with Crippen molar-refractivity contribution in [3.8, 4) is 0 Å². The van der Waals surface area contributed by atoms with Gasteiger partial charge in [-0.2, -0.15) is 0 Å². The Morgan fingerprint density at radius 2 is 2.10 bits per heavy atom. The predicted octanol–water partition coefficient (Wildman–Crippen LogP) is 4.76. The number of allylic oxidation sites excluding steroid dienone is 6. The fraction of sp³-hybridized carbons (Fsp3) is 0.111. The van der Waals surface area contributed by atoms with E-state index < -0.39 is 0 Å². The van der Waals surface area contributed by atoms with Crippen LogP contribution >= 0.6 is 0 Å². The number of aliphatic imine (C=N–C) groups is 1. The molecule has 20 heavy (non-hydrogen) atoms. The summed E-state index contributed by atoms with van der Waals surface area (Å²) >= 11 is 0. The molecule has 102 valence electrons. The van der Waals surface area contributed by atoms with Gasteiger partial charge in [0, 0.05) is 12.4 Å². The Hall–Kier alpha value is -2.48. The van der Waals surface area contributed by atoms with Crippen molar-refractivity contribution in [1.29, 1.82) is 0 Å². The summed E-state index contributed by atoms with van der Waals surface area (Å²) in [4.78, 5) is 8.62. The average molecular weight is 264 g/mol. The molecule has 0 aliphatic heterocycles. The van der Waals surface area contributed by atoms with Gasteiger partial charge in [-0.05, 0) is 49.3 Å². The van der Waals surface area contributed by atoms with E-state index in [9.17, 15) is 0 Å². The molecule has 0 aliphatic carbocycles. The van der Waals surface area contributed by atoms with E-state index in [1.807, 2.05) is 56.4 Å². The summed E-state index contributed by atoms with van der Waals surface area (Å²) in [6, 6.07) is 5.83. The van der Waals surface area contributed by atoms with Crippen molar-refractivity contribution in [2.45, 2.75) is 13.8 Å². The summed E-state index contributed by atoms with van der Waals surface area (Å²) in [6.45, 7) is 11.7. The third-order valence-electron chi connectivity index (χ3n) is 2.64. The Balaban J connectivity index is 3.04. The molecular formula is C18H20N2. The first-order valence-electron chi connectivity index (χ1n) is 6.49. The van der Waals surface area contributed by atoms with Gasteiger partial charge in [-0.15, -0.1) is 0 Å². The third kappa shape index (κ3) is 4.65. The Bertz CT molecular complexity index is 573. The van der Waals surface area contributed by atoms with Gasteiger partial charge in [0.25, 0.3) is 0 Å². The van der Waals surface area contributed by atoms with Crippen molar-refractivity contribution in [3.63, 3.8) is 0 Å². The number of nitrogens with zero attached hydrogens (tertiary/aromatic N) is 2. The van der Waals surface area contributed by atoms with Crippen molar-refractivity contribution in [2.75, 3.05) is 0 Å². The van der Waals surface area contributed by atoms with Gasteiger partial charge in [0.2, 0.25) is 0 Å². The largest absolute Gasteiger partial charge is 0.257 e. The summed E-state index contributed by atoms with van der Waals surface area (Å²) in [5.41, 5.74) is 3.49. The van der Waals surface area contributed by atoms with Gasteiger partial charge >= 0.3 is 0 Å². The molecule has 1 heterocycles. The molecule has 2 nitrogen and oxygen atoms in total. The molecule has 2 heteroatoms. The molecular weight excluding hydrogens is 244 g/mol. The standard InChI is InChI=1S/C18H20N2/c1-5-8-12-19-15(4)16(6-2)14-17(7-3)18-11-9-10-13-20-18/h5-14H,2,4H2,1,3H3/b8-5-,16-14+,17-7+,19-12?. The van der Waals surface area contributed by atoms with E-state index in [0.29, 0.717) is 5.70 Å². The van der Waals surface area contributed by atoms with E-state index >= 15 is 0 Å². The first kappa shape index (κ1) is 15.6. The van der Waals surface area contributed by atoms with Crippen molar-refractivity contribution in [2.24, 2.45) is 4.99 Å². The van der Waals surface area contributed by atoms with Crippen molar-refractivity contribution in [1.82, 2.24) is 4.98 Å². The molecule has 1 aromatic rings. The first-order chi connectivity index (χ1) is 9.72. The maximum absolute atomic E-state index is 4.35. The Labute approximate surface area is 121 Å². The highest BCUT2D eigenvalue weighted by Gasteiger charge is 2.02. The van der Waals surface area contributed by atoms with Crippen molar-refractivity contribution < 1.29 is 0 Å². The minimum absolute atomic E-state index is 0.674. The van der Waals surface area contributed by atoms with Gasteiger partial charge in [0.15, 0.2) is 0 Å². The van der Waals surface area contributed by atoms with Crippen LogP contribution in [0.15, 0.2) is 84.2 Å². The lowest BCUT2D eigenvalue weighted by Gasteiger charge is -2.04. The lowest BCUT2D eigenvalue weighted by atomic mass is 10.1. The Morgan fingerprint density at radius 3 is 2.65 bits per heavy atom. The van der Waals surface area contributed by atoms with Crippen LogP contribution in [-0.2, 0) is 0 Å². The van der Waals surface area contributed by atoms with Crippen LogP contribution in [0.4, 0.5) is 0 Å². The number of rotatable bonds is 6. The van der Waals surface area contributed by atoms with Gasteiger partial charge in [-0.1, -0.05) is 37.5 Å². The zero-order valence-electron chi connectivity index (χ0n) is 12.1. The fourth-order valence-corrected chi connectivity index (χ4v) is 1.56. The summed E-state index contributed by atoms with van der Waals surface area (Å²) in [7, 11) is 0. The van der Waals surface area contributed by atoms with E-state index in [1.54, 1.807) is 18.5 Å². The first-order valence-corrected chi connectivity index (χ1v) is 6.49. The molecule has 0 aliphatic rings. The van der Waals surface area contributed by atoms with E-state index in [0.717, 1.165) is 16.8 Å². The molecule has 1 aromatic heterocycles. The predicted molar refractivity (Wildman–Crippen MR) is 88.6 cm³/mol. The van der Waals surface area contributed by atoms with Crippen LogP contribution in [0, 0.1) is 0 Å². The SMILES string of the molecule is C=C/C(=C\C(=C/C)c1ccccn1)C(=C)N=C/C=C\C. The second-order valence-corrected chi connectivity index (χ2v) is 4.01. The average Bonchev–Trinajstić information content (AvgIpc) is 2.49. The van der Waals surface area contributed by atoms with Gasteiger partial charge < -0.3 is 0 Å². The van der Waals surface area contributed by atoms with Crippen LogP contribution < -0.4 is 0 Å². The molecule has 0 aromatic carbocycles. The lowest BCUT2D eigenvalue weighted by Crippen LogP contribution is -1.88. The summed E-state index contributed by atoms with van der Waals surface area (Å²) < 4.78 is 0. The number of pyridine rings is 1. The monoisotopic (exact) mass is 264 g/mol. The van der Waals surface area contributed by atoms with Crippen molar-refractivity contribution in [3.05, 3.63) is 84.9 Å². The zero-order chi connectivity index (χ0) is 14.8. The van der Waals surface area contributed by atoms with E-state index in [-0.39, 0.29) is 0 Å². The molecule has 0 bridgehead atoms. The second kappa shape index (κ2) is 8.59. The van der Waals surface area contributed by atoms with Crippen LogP contribution in [-0.4, -0.2) is 11.2 Å². The molecule has 0 saturated heterocycles. The summed E-state index contributed by atoms with van der Waals surface area (Å²) in [5.74, 6) is 0. The van der Waals surface area contributed by atoms with Gasteiger partial charge in [-0.25, -0.2) is 0 Å². The minimum Gasteiger partial charge on any atom is -0.257 e. The zero-order valence-corrected chi connectivity index (χ0v) is 12.1. The van der Waals surface area contributed by atoms with Crippen LogP contribution in [0.3, 0.4) is 0 Å². The highest BCUT2D eigenvalue weighted by Crippen LogP contribution is 2.19. The third-order valence-corrected chi connectivity index (χ3v) is 2.64. The minimum atomic E-state index is 0.674. The molecule has 1 rings (SSSR count). The Kier molecular flexibility index (Phi) is 6.69. The highest BCUT2D eigenvalue weighted by atomic mass is 14.7. The summed E-state index contributed by atoms with van der Waals surface area (Å²) in [6.07, 6.45) is 13.0. The maximum Gasteiger partial charge on any atom is 0.0698 e. The number of hydrogen-bond acceptors (Lipinski definition) is 2. The fourth-order valence-electron chi connectivity index (χ4n) is 1.56. The van der Waals surface area contributed by atoms with E-state index in [4.69, 9.17) is 0 Å². The van der Waals surface area contributed by atoms with Gasteiger partial charge in [-0.3, -0.25) is 9.98 Å². The van der Waals surface area contributed by atoms with Gasteiger partial charge in [0.05, 0.1) is 11.4 Å². The topological polar surface area (TPSA) is 25.2 Å². The molecule has 0 N–H and O–H groups in total. The smallest absolute Gasteiger partial charge is 0.0698 e. The second-order valence-electron chi connectivity index (χ2n) is 4.01. The molecule has 0 spiro atoms. The Morgan fingerprint density at radius 1 is 1.30 bits per heavy atom. The van der Waals surface area contributed by atoms with Crippen LogP contribution in [0.1, 0.15) is 19.5 Å². The van der Waals surface area contributed by atoms with E-state index in [2.05, 4.69) is 23.1 Å². The lowest BCUT2D eigenvalue weighted by molar-refractivity contribution is 1.27. The number of hydrogen-bond donors (Lipinski definition) is 0. The summed E-state index contributed by atoms with van der Waals surface area (Å²) in [5, 5.41) is 0. The molecule has 0 unspecified atom stereocenters. The van der Waals surface area contributed by atoms with E-state index in [1.165, 1.54) is 0 Å².